The molecule has 0 N–H and O–H groups in total. The van der Waals surface area contributed by atoms with Gasteiger partial charge in [0.05, 0.1) is 7.05 Å². The van der Waals surface area contributed by atoms with Gasteiger partial charge in [0.15, 0.2) is 17.6 Å². The largest absolute Gasteiger partial charge is 0.458 e. The molecule has 4 nitrogen and oxygen atoms in total. The molecule has 0 spiro atoms. The second-order valence-corrected chi connectivity index (χ2v) is 5.55. The molecule has 0 saturated heterocycles. The highest BCUT2D eigenvalue weighted by atomic mass is 16.5. The number of benzene rings is 2. The molecule has 0 aliphatic carbocycles. The van der Waals surface area contributed by atoms with Gasteiger partial charge in [-0.25, -0.2) is 13.9 Å². The Kier molecular flexibility index (Phi) is 4.42. The number of carbonyl (C=O) groups is 1. The Bertz CT molecular complexity index is 822. The number of hydrogen-bond acceptors (Lipinski definition) is 2. The molecular formula is C19H21N2O2+. The third-order valence-electron chi connectivity index (χ3n) is 4.08. The van der Waals surface area contributed by atoms with Gasteiger partial charge in [-0.05, 0) is 17.7 Å². The molecule has 118 valence electrons. The smallest absolute Gasteiger partial charge is 0.348 e. The highest BCUT2D eigenvalue weighted by molar-refractivity contribution is 5.76. The summed E-state index contributed by atoms with van der Waals surface area (Å²) in [5, 5.41) is 0. The topological polar surface area (TPSA) is 35.1 Å². The van der Waals surface area contributed by atoms with E-state index in [1.807, 2.05) is 60.1 Å². The third-order valence-corrected chi connectivity index (χ3v) is 4.08. The van der Waals surface area contributed by atoms with E-state index in [4.69, 9.17) is 4.74 Å². The lowest BCUT2D eigenvalue weighted by atomic mass is 10.2. The van der Waals surface area contributed by atoms with Crippen LogP contribution >= 0.6 is 0 Å². The van der Waals surface area contributed by atoms with E-state index in [9.17, 15) is 4.79 Å². The van der Waals surface area contributed by atoms with Crippen LogP contribution in [0.2, 0.25) is 0 Å². The molecular weight excluding hydrogens is 288 g/mol. The number of imidazole rings is 1. The number of aryl methyl sites for hydroxylation is 1. The van der Waals surface area contributed by atoms with E-state index in [0.717, 1.165) is 28.8 Å². The van der Waals surface area contributed by atoms with Crippen LogP contribution in [0.3, 0.4) is 0 Å². The van der Waals surface area contributed by atoms with Crippen molar-refractivity contribution in [2.75, 3.05) is 0 Å². The van der Waals surface area contributed by atoms with Gasteiger partial charge in [-0.3, -0.25) is 0 Å². The molecule has 0 unspecified atom stereocenters. The van der Waals surface area contributed by atoms with Crippen LogP contribution in [-0.2, 0) is 36.2 Å². The van der Waals surface area contributed by atoms with Crippen molar-refractivity contribution < 1.29 is 14.1 Å². The summed E-state index contributed by atoms with van der Waals surface area (Å²) in [6, 6.07) is 17.9. The molecule has 4 heteroatoms. The molecule has 0 fully saturated rings. The molecule has 0 radical (unpaired) electrons. The molecule has 3 aromatic rings. The van der Waals surface area contributed by atoms with Crippen molar-refractivity contribution in [1.82, 2.24) is 4.57 Å². The maximum atomic E-state index is 12.3. The highest BCUT2D eigenvalue weighted by Gasteiger charge is 2.23. The van der Waals surface area contributed by atoms with E-state index in [1.54, 1.807) is 0 Å². The molecule has 0 saturated carbocycles. The van der Waals surface area contributed by atoms with Crippen LogP contribution in [0.15, 0.2) is 54.6 Å². The van der Waals surface area contributed by atoms with Crippen molar-refractivity contribution in [1.29, 1.82) is 0 Å². The van der Waals surface area contributed by atoms with Gasteiger partial charge in [-0.15, -0.1) is 0 Å². The predicted molar refractivity (Wildman–Crippen MR) is 88.7 cm³/mol. The summed E-state index contributed by atoms with van der Waals surface area (Å²) in [4.78, 5) is 12.3. The zero-order valence-corrected chi connectivity index (χ0v) is 13.5. The number of hydrogen-bond donors (Lipinski definition) is 0. The lowest BCUT2D eigenvalue weighted by Gasteiger charge is -2.05. The number of esters is 1. The Morgan fingerprint density at radius 1 is 1.09 bits per heavy atom. The van der Waals surface area contributed by atoms with E-state index >= 15 is 0 Å². The van der Waals surface area contributed by atoms with Gasteiger partial charge in [0.2, 0.25) is 0 Å². The van der Waals surface area contributed by atoms with Crippen LogP contribution in [0.5, 0.6) is 0 Å². The molecule has 0 atom stereocenters. The maximum absolute atomic E-state index is 12.3. The Morgan fingerprint density at radius 2 is 1.78 bits per heavy atom. The summed E-state index contributed by atoms with van der Waals surface area (Å²) in [5.41, 5.74) is 3.18. The first-order valence-corrected chi connectivity index (χ1v) is 7.86. The van der Waals surface area contributed by atoms with E-state index in [0.29, 0.717) is 6.61 Å². The fraction of sp³-hybridized carbons (Fsp3) is 0.263. The van der Waals surface area contributed by atoms with E-state index in [1.165, 1.54) is 0 Å². The number of aromatic nitrogens is 2. The number of fused-ring (bicyclic) bond motifs is 1. The monoisotopic (exact) mass is 309 g/mol. The van der Waals surface area contributed by atoms with Crippen molar-refractivity contribution in [3.63, 3.8) is 0 Å². The van der Waals surface area contributed by atoms with Crippen molar-refractivity contribution in [3.8, 4) is 0 Å². The zero-order chi connectivity index (χ0) is 16.2. The zero-order valence-electron chi connectivity index (χ0n) is 13.5. The summed E-state index contributed by atoms with van der Waals surface area (Å²) in [6.45, 7) is 2.64. The average molecular weight is 309 g/mol. The minimum atomic E-state index is -0.218. The van der Waals surface area contributed by atoms with E-state index in [-0.39, 0.29) is 12.5 Å². The normalized spacial score (nSPS) is 10.9. The molecule has 0 aliphatic rings. The first-order chi connectivity index (χ1) is 11.2. The fourth-order valence-corrected chi connectivity index (χ4v) is 2.95. The first-order valence-electron chi connectivity index (χ1n) is 7.86. The number of nitrogens with zero attached hydrogens (tertiary/aromatic N) is 2. The molecule has 2 aromatic carbocycles. The van der Waals surface area contributed by atoms with Gasteiger partial charge in [0.25, 0.3) is 5.82 Å². The minimum absolute atomic E-state index is 0.218. The second-order valence-electron chi connectivity index (χ2n) is 5.55. The van der Waals surface area contributed by atoms with Crippen molar-refractivity contribution in [2.45, 2.75) is 26.5 Å². The SMILES string of the molecule is CCc1n(CC(=O)OCc2ccccc2)c2ccccc2[n+]1C. The Morgan fingerprint density at radius 3 is 2.52 bits per heavy atom. The van der Waals surface area contributed by atoms with Gasteiger partial charge in [-0.2, -0.15) is 0 Å². The van der Waals surface area contributed by atoms with Gasteiger partial charge >= 0.3 is 5.97 Å². The van der Waals surface area contributed by atoms with Crippen molar-refractivity contribution >= 4 is 17.0 Å². The summed E-state index contributed by atoms with van der Waals surface area (Å²) >= 11 is 0. The Labute approximate surface area is 135 Å². The van der Waals surface area contributed by atoms with Crippen LogP contribution in [0.1, 0.15) is 18.3 Å². The number of ether oxygens (including phenoxy) is 1. The number of para-hydroxylation sites is 2. The van der Waals surface area contributed by atoms with Gasteiger partial charge < -0.3 is 4.74 Å². The van der Waals surface area contributed by atoms with Crippen molar-refractivity contribution in [2.24, 2.45) is 7.05 Å². The van der Waals surface area contributed by atoms with Gasteiger partial charge in [-0.1, -0.05) is 49.4 Å². The summed E-state index contributed by atoms with van der Waals surface area (Å²) in [5.74, 6) is 0.896. The van der Waals surface area contributed by atoms with Crippen LogP contribution < -0.4 is 4.57 Å². The lowest BCUT2D eigenvalue weighted by Crippen LogP contribution is -2.33. The molecule has 23 heavy (non-hydrogen) atoms. The summed E-state index contributed by atoms with van der Waals surface area (Å²) < 4.78 is 9.60. The average Bonchev–Trinajstić information content (AvgIpc) is 2.86. The molecule has 3 rings (SSSR count). The molecule has 0 amide bonds. The van der Waals surface area contributed by atoms with Gasteiger partial charge in [0.1, 0.15) is 6.61 Å². The van der Waals surface area contributed by atoms with Gasteiger partial charge in [0, 0.05) is 6.42 Å². The third kappa shape index (κ3) is 3.11. The molecule has 0 bridgehead atoms. The summed E-state index contributed by atoms with van der Waals surface area (Å²) in [6.07, 6.45) is 0.858. The van der Waals surface area contributed by atoms with Crippen LogP contribution in [-0.4, -0.2) is 10.5 Å². The molecule has 1 aromatic heterocycles. The quantitative estimate of drug-likeness (QED) is 0.536. The number of rotatable bonds is 5. The summed E-state index contributed by atoms with van der Waals surface area (Å²) in [7, 11) is 2.03. The lowest BCUT2D eigenvalue weighted by molar-refractivity contribution is -0.653. The standard InChI is InChI=1S/C19H21N2O2/c1-3-18-20(2)16-11-7-8-12-17(16)21(18)13-19(22)23-14-15-9-5-4-6-10-15/h4-12H,3,13-14H2,1-2H3/q+1. The second kappa shape index (κ2) is 6.65. The first kappa shape index (κ1) is 15.3. The van der Waals surface area contributed by atoms with E-state index < -0.39 is 0 Å². The Hall–Kier alpha value is -2.62. The minimum Gasteiger partial charge on any atom is -0.458 e. The predicted octanol–water partition coefficient (Wildman–Crippen LogP) is 2.77. The fourth-order valence-electron chi connectivity index (χ4n) is 2.95. The van der Waals surface area contributed by atoms with Crippen LogP contribution in [0.25, 0.3) is 11.0 Å². The molecule has 0 aliphatic heterocycles. The maximum Gasteiger partial charge on any atom is 0.348 e. The highest BCUT2D eigenvalue weighted by Crippen LogP contribution is 2.15. The van der Waals surface area contributed by atoms with E-state index in [2.05, 4.69) is 17.6 Å². The number of carbonyl (C=O) groups excluding carboxylic acids is 1. The molecule has 1 heterocycles. The van der Waals surface area contributed by atoms with Crippen LogP contribution in [0.4, 0.5) is 0 Å². The Balaban J connectivity index is 1.79. The van der Waals surface area contributed by atoms with Crippen LogP contribution in [0, 0.1) is 0 Å². The van der Waals surface area contributed by atoms with Crippen molar-refractivity contribution in [3.05, 3.63) is 66.0 Å².